The molecule has 1 amide bonds. The zero-order valence-corrected chi connectivity index (χ0v) is 14.7. The van der Waals surface area contributed by atoms with Crippen LogP contribution in [0.25, 0.3) is 0 Å². The average molecular weight is 356 g/mol. The van der Waals surface area contributed by atoms with E-state index in [-0.39, 0.29) is 5.70 Å². The first-order chi connectivity index (χ1) is 12.6. The monoisotopic (exact) mass is 356 g/mol. The van der Waals surface area contributed by atoms with E-state index in [0.29, 0.717) is 22.7 Å². The molecule has 0 heterocycles. The summed E-state index contributed by atoms with van der Waals surface area (Å²) in [5.41, 5.74) is 1.07. The number of methoxy groups -OCH3 is 3. The van der Waals surface area contributed by atoms with Crippen molar-refractivity contribution in [1.29, 1.82) is 0 Å². The van der Waals surface area contributed by atoms with Gasteiger partial charge in [-0.15, -0.1) is 0 Å². The van der Waals surface area contributed by atoms with Gasteiger partial charge in [-0.3, -0.25) is 4.79 Å². The third-order valence-electron chi connectivity index (χ3n) is 3.48. The Bertz CT molecular complexity index is 783. The number of hydrogen-bond donors (Lipinski definition) is 2. The Labute approximate surface area is 151 Å². The van der Waals surface area contributed by atoms with Crippen LogP contribution >= 0.6 is 0 Å². The SMILES string of the molecule is COC(=O)C(=CNc1ccc(OC)cc1)NC(=O)c1ccc(OC)cc1. The zero-order valence-electron chi connectivity index (χ0n) is 14.7. The fourth-order valence-corrected chi connectivity index (χ4v) is 2.04. The number of anilines is 1. The van der Waals surface area contributed by atoms with Gasteiger partial charge in [0.2, 0.25) is 0 Å². The van der Waals surface area contributed by atoms with Gasteiger partial charge >= 0.3 is 5.97 Å². The van der Waals surface area contributed by atoms with Crippen LogP contribution in [0.5, 0.6) is 11.5 Å². The molecule has 2 aromatic carbocycles. The summed E-state index contributed by atoms with van der Waals surface area (Å²) in [6, 6.07) is 13.6. The second-order valence-electron chi connectivity index (χ2n) is 5.11. The van der Waals surface area contributed by atoms with E-state index >= 15 is 0 Å². The van der Waals surface area contributed by atoms with Gasteiger partial charge in [-0.05, 0) is 48.5 Å². The van der Waals surface area contributed by atoms with Crippen molar-refractivity contribution in [2.24, 2.45) is 0 Å². The van der Waals surface area contributed by atoms with Crippen LogP contribution in [0.1, 0.15) is 10.4 Å². The molecule has 0 aliphatic rings. The van der Waals surface area contributed by atoms with Crippen molar-refractivity contribution in [2.45, 2.75) is 0 Å². The van der Waals surface area contributed by atoms with Gasteiger partial charge < -0.3 is 24.8 Å². The lowest BCUT2D eigenvalue weighted by molar-refractivity contribution is -0.136. The third-order valence-corrected chi connectivity index (χ3v) is 3.48. The molecule has 2 N–H and O–H groups in total. The van der Waals surface area contributed by atoms with Crippen molar-refractivity contribution < 1.29 is 23.8 Å². The molecule has 0 aromatic heterocycles. The highest BCUT2D eigenvalue weighted by Gasteiger charge is 2.15. The topological polar surface area (TPSA) is 85.9 Å². The molecule has 2 aromatic rings. The Morgan fingerprint density at radius 3 is 1.88 bits per heavy atom. The van der Waals surface area contributed by atoms with Crippen molar-refractivity contribution >= 4 is 17.6 Å². The molecular weight excluding hydrogens is 336 g/mol. The molecule has 136 valence electrons. The van der Waals surface area contributed by atoms with E-state index in [1.807, 2.05) is 0 Å². The normalized spacial score (nSPS) is 10.7. The summed E-state index contributed by atoms with van der Waals surface area (Å²) in [6.07, 6.45) is 1.37. The third kappa shape index (κ3) is 5.01. The fourth-order valence-electron chi connectivity index (χ4n) is 2.04. The number of benzene rings is 2. The largest absolute Gasteiger partial charge is 0.497 e. The van der Waals surface area contributed by atoms with E-state index in [1.54, 1.807) is 55.6 Å². The maximum Gasteiger partial charge on any atom is 0.356 e. The number of nitrogens with one attached hydrogen (secondary N) is 2. The minimum Gasteiger partial charge on any atom is -0.497 e. The average Bonchev–Trinajstić information content (AvgIpc) is 2.70. The molecule has 0 aliphatic carbocycles. The van der Waals surface area contributed by atoms with Gasteiger partial charge in [0.1, 0.15) is 17.2 Å². The maximum atomic E-state index is 12.3. The summed E-state index contributed by atoms with van der Waals surface area (Å²) < 4.78 is 14.8. The first-order valence-electron chi connectivity index (χ1n) is 7.72. The van der Waals surface area contributed by atoms with Crippen LogP contribution in [0.3, 0.4) is 0 Å². The Morgan fingerprint density at radius 1 is 0.846 bits per heavy atom. The quantitative estimate of drug-likeness (QED) is 0.586. The molecule has 0 radical (unpaired) electrons. The summed E-state index contributed by atoms with van der Waals surface area (Å²) in [5, 5.41) is 5.47. The molecule has 0 bridgehead atoms. The van der Waals surface area contributed by atoms with Gasteiger partial charge in [-0.1, -0.05) is 0 Å². The Hall–Kier alpha value is -3.48. The van der Waals surface area contributed by atoms with E-state index in [1.165, 1.54) is 20.4 Å². The first kappa shape index (κ1) is 18.9. The summed E-state index contributed by atoms with van der Waals surface area (Å²) in [4.78, 5) is 24.2. The predicted molar refractivity (Wildman–Crippen MR) is 97.2 cm³/mol. The van der Waals surface area contributed by atoms with Crippen LogP contribution in [-0.2, 0) is 9.53 Å². The van der Waals surface area contributed by atoms with Crippen molar-refractivity contribution in [2.75, 3.05) is 26.6 Å². The second kappa shape index (κ2) is 9.12. The Morgan fingerprint density at radius 2 is 1.38 bits per heavy atom. The van der Waals surface area contributed by atoms with Crippen LogP contribution in [0, 0.1) is 0 Å². The summed E-state index contributed by atoms with van der Waals surface area (Å²) in [5.74, 6) is 0.223. The van der Waals surface area contributed by atoms with Gasteiger partial charge in [-0.2, -0.15) is 0 Å². The number of esters is 1. The number of hydrogen-bond acceptors (Lipinski definition) is 6. The molecular formula is C19H20N2O5. The van der Waals surface area contributed by atoms with Crippen molar-refractivity contribution in [1.82, 2.24) is 5.32 Å². The summed E-state index contributed by atoms with van der Waals surface area (Å²) in [7, 11) is 4.35. The van der Waals surface area contributed by atoms with Gasteiger partial charge in [0.15, 0.2) is 0 Å². The Kier molecular flexibility index (Phi) is 6.61. The molecule has 0 atom stereocenters. The molecule has 0 saturated carbocycles. The highest BCUT2D eigenvalue weighted by molar-refractivity contribution is 6.01. The van der Waals surface area contributed by atoms with Gasteiger partial charge in [0.25, 0.3) is 5.91 Å². The standard InChI is InChI=1S/C19H20N2O5/c1-24-15-8-4-13(5-9-15)18(22)21-17(19(23)26-3)12-20-14-6-10-16(25-2)11-7-14/h4-12,20H,1-3H3,(H,21,22). The molecule has 0 fully saturated rings. The minimum absolute atomic E-state index is 0.0239. The van der Waals surface area contributed by atoms with E-state index in [0.717, 1.165) is 0 Å². The first-order valence-corrected chi connectivity index (χ1v) is 7.72. The lowest BCUT2D eigenvalue weighted by Crippen LogP contribution is -2.28. The van der Waals surface area contributed by atoms with Crippen molar-refractivity contribution in [3.63, 3.8) is 0 Å². The highest BCUT2D eigenvalue weighted by Crippen LogP contribution is 2.15. The van der Waals surface area contributed by atoms with Gasteiger partial charge in [0, 0.05) is 17.5 Å². The molecule has 2 rings (SSSR count). The molecule has 0 saturated heterocycles. The lowest BCUT2D eigenvalue weighted by Gasteiger charge is -2.10. The van der Waals surface area contributed by atoms with Crippen LogP contribution in [0.15, 0.2) is 60.4 Å². The molecule has 7 nitrogen and oxygen atoms in total. The van der Waals surface area contributed by atoms with Crippen LogP contribution in [-0.4, -0.2) is 33.2 Å². The van der Waals surface area contributed by atoms with Gasteiger partial charge in [0.05, 0.1) is 21.3 Å². The smallest absolute Gasteiger partial charge is 0.356 e. The maximum absolute atomic E-state index is 12.3. The number of rotatable bonds is 7. The highest BCUT2D eigenvalue weighted by atomic mass is 16.5. The number of carbonyl (C=O) groups excluding carboxylic acids is 2. The second-order valence-corrected chi connectivity index (χ2v) is 5.11. The zero-order chi connectivity index (χ0) is 18.9. The lowest BCUT2D eigenvalue weighted by atomic mass is 10.2. The predicted octanol–water partition coefficient (Wildman–Crippen LogP) is 2.56. The van der Waals surface area contributed by atoms with Crippen LogP contribution < -0.4 is 20.1 Å². The molecule has 26 heavy (non-hydrogen) atoms. The molecule has 0 spiro atoms. The fraction of sp³-hybridized carbons (Fsp3) is 0.158. The number of ether oxygens (including phenoxy) is 3. The van der Waals surface area contributed by atoms with E-state index in [9.17, 15) is 9.59 Å². The van der Waals surface area contributed by atoms with E-state index in [2.05, 4.69) is 10.6 Å². The molecule has 0 aliphatic heterocycles. The minimum atomic E-state index is -0.673. The van der Waals surface area contributed by atoms with Crippen LogP contribution in [0.2, 0.25) is 0 Å². The Balaban J connectivity index is 2.12. The molecule has 0 unspecified atom stereocenters. The van der Waals surface area contributed by atoms with E-state index in [4.69, 9.17) is 14.2 Å². The van der Waals surface area contributed by atoms with Crippen LogP contribution in [0.4, 0.5) is 5.69 Å². The number of amides is 1. The van der Waals surface area contributed by atoms with Crippen molar-refractivity contribution in [3.8, 4) is 11.5 Å². The summed E-state index contributed by atoms with van der Waals surface area (Å²) in [6.45, 7) is 0. The van der Waals surface area contributed by atoms with Crippen molar-refractivity contribution in [3.05, 3.63) is 66.0 Å². The van der Waals surface area contributed by atoms with Gasteiger partial charge in [-0.25, -0.2) is 4.79 Å². The number of carbonyl (C=O) groups is 2. The molecule has 7 heteroatoms. The summed E-state index contributed by atoms with van der Waals surface area (Å²) >= 11 is 0. The van der Waals surface area contributed by atoms with E-state index < -0.39 is 11.9 Å².